The molecule has 0 radical (unpaired) electrons. The number of carbonyl (C=O) groups is 3. The number of likely N-dealkylation sites (N-methyl/N-ethyl adjacent to an activating group) is 1. The van der Waals surface area contributed by atoms with Crippen LogP contribution in [-0.2, 0) is 9.59 Å². The third kappa shape index (κ3) is 1.29. The summed E-state index contributed by atoms with van der Waals surface area (Å²) in [6, 6.07) is 6.27. The summed E-state index contributed by atoms with van der Waals surface area (Å²) in [6.07, 6.45) is 0. The fraction of sp³-hybridized carbons (Fsp3) is 0.182. The van der Waals surface area contributed by atoms with E-state index in [0.29, 0.717) is 0 Å². The van der Waals surface area contributed by atoms with Crippen LogP contribution in [0.25, 0.3) is 0 Å². The van der Waals surface area contributed by atoms with Gasteiger partial charge in [-0.25, -0.2) is 0 Å². The Morgan fingerprint density at radius 3 is 2.56 bits per heavy atom. The number of imide groups is 1. The van der Waals surface area contributed by atoms with Crippen LogP contribution in [0, 0.1) is 0 Å². The van der Waals surface area contributed by atoms with Crippen LogP contribution >= 0.6 is 0 Å². The molecule has 5 nitrogen and oxygen atoms in total. The highest BCUT2D eigenvalue weighted by Gasteiger charge is 2.40. The Bertz CT molecular complexity index is 495. The summed E-state index contributed by atoms with van der Waals surface area (Å²) in [5.41, 5.74) is 0.542. The van der Waals surface area contributed by atoms with Crippen molar-refractivity contribution in [1.29, 1.82) is 0 Å². The highest BCUT2D eigenvalue weighted by molar-refractivity contribution is 6.17. The molecule has 1 aromatic carbocycles. The van der Waals surface area contributed by atoms with Gasteiger partial charge in [0.25, 0.3) is 5.91 Å². The van der Waals surface area contributed by atoms with Gasteiger partial charge in [0.15, 0.2) is 5.92 Å². The number of carbonyl (C=O) groups excluding carboxylic acids is 2. The third-order valence-electron chi connectivity index (χ3n) is 2.63. The molecular formula is C11H9NO4. The second-order valence-corrected chi connectivity index (χ2v) is 3.56. The molecule has 0 spiro atoms. The van der Waals surface area contributed by atoms with Gasteiger partial charge in [-0.3, -0.25) is 19.3 Å². The van der Waals surface area contributed by atoms with Crippen molar-refractivity contribution in [1.82, 2.24) is 4.90 Å². The lowest BCUT2D eigenvalue weighted by Crippen LogP contribution is -2.44. The number of aliphatic carboxylic acids is 1. The number of carboxylic acids is 1. The summed E-state index contributed by atoms with van der Waals surface area (Å²) in [4.78, 5) is 35.2. The number of carboxylic acid groups (broad SMARTS) is 1. The Labute approximate surface area is 91.3 Å². The first kappa shape index (κ1) is 10.4. The Kier molecular flexibility index (Phi) is 2.23. The smallest absolute Gasteiger partial charge is 0.320 e. The van der Waals surface area contributed by atoms with Crippen LogP contribution in [0.4, 0.5) is 0 Å². The molecule has 2 rings (SSSR count). The van der Waals surface area contributed by atoms with E-state index in [-0.39, 0.29) is 11.1 Å². The molecule has 0 bridgehead atoms. The van der Waals surface area contributed by atoms with Crippen molar-refractivity contribution in [3.63, 3.8) is 0 Å². The van der Waals surface area contributed by atoms with Gasteiger partial charge < -0.3 is 5.11 Å². The van der Waals surface area contributed by atoms with E-state index in [0.717, 1.165) is 4.90 Å². The van der Waals surface area contributed by atoms with Crippen molar-refractivity contribution in [2.24, 2.45) is 0 Å². The highest BCUT2D eigenvalue weighted by Crippen LogP contribution is 2.28. The predicted molar refractivity (Wildman–Crippen MR) is 53.9 cm³/mol. The van der Waals surface area contributed by atoms with Crippen LogP contribution in [0.15, 0.2) is 24.3 Å². The first-order valence-corrected chi connectivity index (χ1v) is 4.67. The summed E-state index contributed by atoms with van der Waals surface area (Å²) in [5, 5.41) is 9.00. The number of nitrogens with zero attached hydrogens (tertiary/aromatic N) is 1. The van der Waals surface area contributed by atoms with Crippen molar-refractivity contribution in [2.45, 2.75) is 5.92 Å². The monoisotopic (exact) mass is 219 g/mol. The van der Waals surface area contributed by atoms with Gasteiger partial charge in [-0.1, -0.05) is 18.2 Å². The van der Waals surface area contributed by atoms with Crippen LogP contribution in [0.5, 0.6) is 0 Å². The summed E-state index contributed by atoms with van der Waals surface area (Å²) < 4.78 is 0. The van der Waals surface area contributed by atoms with E-state index >= 15 is 0 Å². The first-order valence-electron chi connectivity index (χ1n) is 4.67. The molecule has 0 aliphatic carbocycles. The molecule has 82 valence electrons. The van der Waals surface area contributed by atoms with Crippen LogP contribution in [0.1, 0.15) is 21.8 Å². The molecule has 0 fully saturated rings. The van der Waals surface area contributed by atoms with Crippen LogP contribution in [-0.4, -0.2) is 34.8 Å². The van der Waals surface area contributed by atoms with Gasteiger partial charge in [-0.2, -0.15) is 0 Å². The Morgan fingerprint density at radius 1 is 1.31 bits per heavy atom. The molecule has 16 heavy (non-hydrogen) atoms. The van der Waals surface area contributed by atoms with E-state index in [9.17, 15) is 14.4 Å². The minimum Gasteiger partial charge on any atom is -0.480 e. The van der Waals surface area contributed by atoms with Crippen LogP contribution < -0.4 is 0 Å². The van der Waals surface area contributed by atoms with Gasteiger partial charge in [0.2, 0.25) is 5.91 Å². The Hall–Kier alpha value is -2.17. The zero-order chi connectivity index (χ0) is 11.9. The molecule has 1 aromatic rings. The maximum Gasteiger partial charge on any atom is 0.320 e. The molecule has 2 amide bonds. The fourth-order valence-corrected chi connectivity index (χ4v) is 1.79. The summed E-state index contributed by atoms with van der Waals surface area (Å²) in [7, 11) is 1.29. The Balaban J connectivity index is 2.66. The molecule has 1 atom stereocenters. The minimum atomic E-state index is -1.28. The lowest BCUT2D eigenvalue weighted by molar-refractivity contribution is -0.145. The topological polar surface area (TPSA) is 74.7 Å². The van der Waals surface area contributed by atoms with Crippen molar-refractivity contribution >= 4 is 17.8 Å². The average molecular weight is 219 g/mol. The molecule has 1 aliphatic rings. The number of fused-ring (bicyclic) bond motifs is 1. The number of benzene rings is 1. The van der Waals surface area contributed by atoms with Gasteiger partial charge in [-0.05, 0) is 11.6 Å². The Morgan fingerprint density at radius 2 is 1.94 bits per heavy atom. The third-order valence-corrected chi connectivity index (χ3v) is 2.63. The second-order valence-electron chi connectivity index (χ2n) is 3.56. The lowest BCUT2D eigenvalue weighted by atomic mass is 9.89. The molecular weight excluding hydrogens is 210 g/mol. The van der Waals surface area contributed by atoms with Crippen molar-refractivity contribution in [3.05, 3.63) is 35.4 Å². The maximum absolute atomic E-state index is 11.7. The maximum atomic E-state index is 11.7. The van der Waals surface area contributed by atoms with Crippen molar-refractivity contribution in [3.8, 4) is 0 Å². The highest BCUT2D eigenvalue weighted by atomic mass is 16.4. The summed E-state index contributed by atoms with van der Waals surface area (Å²) >= 11 is 0. The number of hydrogen-bond acceptors (Lipinski definition) is 3. The lowest BCUT2D eigenvalue weighted by Gasteiger charge is -2.27. The molecule has 1 unspecified atom stereocenters. The van der Waals surface area contributed by atoms with Gasteiger partial charge >= 0.3 is 5.97 Å². The van der Waals surface area contributed by atoms with E-state index < -0.39 is 23.7 Å². The van der Waals surface area contributed by atoms with E-state index in [1.807, 2.05) is 0 Å². The predicted octanol–water partition coefficient (Wildman–Crippen LogP) is 0.467. The normalized spacial score (nSPS) is 19.6. The van der Waals surface area contributed by atoms with E-state index in [1.54, 1.807) is 12.1 Å². The first-order chi connectivity index (χ1) is 7.54. The molecule has 0 saturated heterocycles. The zero-order valence-corrected chi connectivity index (χ0v) is 8.51. The molecule has 5 heteroatoms. The second kappa shape index (κ2) is 3.44. The zero-order valence-electron chi connectivity index (χ0n) is 8.51. The fourth-order valence-electron chi connectivity index (χ4n) is 1.79. The van der Waals surface area contributed by atoms with E-state index in [4.69, 9.17) is 5.11 Å². The number of rotatable bonds is 1. The minimum absolute atomic E-state index is 0.267. The molecule has 1 heterocycles. The van der Waals surface area contributed by atoms with Gasteiger partial charge in [-0.15, -0.1) is 0 Å². The summed E-state index contributed by atoms with van der Waals surface area (Å²) in [5.74, 6) is -3.68. The summed E-state index contributed by atoms with van der Waals surface area (Å²) in [6.45, 7) is 0. The SMILES string of the molecule is CN1C(=O)c2ccccc2C(C(=O)O)C1=O. The van der Waals surface area contributed by atoms with Crippen LogP contribution in [0.3, 0.4) is 0 Å². The van der Waals surface area contributed by atoms with E-state index in [2.05, 4.69) is 0 Å². The van der Waals surface area contributed by atoms with Crippen molar-refractivity contribution in [2.75, 3.05) is 7.05 Å². The molecule has 1 aliphatic heterocycles. The molecule has 1 N–H and O–H groups in total. The van der Waals surface area contributed by atoms with Gasteiger partial charge in [0.1, 0.15) is 0 Å². The number of hydrogen-bond donors (Lipinski definition) is 1. The molecule has 0 aromatic heterocycles. The average Bonchev–Trinajstić information content (AvgIpc) is 2.26. The largest absolute Gasteiger partial charge is 0.480 e. The van der Waals surface area contributed by atoms with Gasteiger partial charge in [0.05, 0.1) is 0 Å². The number of amides is 2. The van der Waals surface area contributed by atoms with Crippen LogP contribution in [0.2, 0.25) is 0 Å². The molecule has 0 saturated carbocycles. The van der Waals surface area contributed by atoms with E-state index in [1.165, 1.54) is 19.2 Å². The van der Waals surface area contributed by atoms with Crippen molar-refractivity contribution < 1.29 is 19.5 Å². The quantitative estimate of drug-likeness (QED) is 0.550. The standard InChI is InChI=1S/C11H9NO4/c1-12-9(13)7-5-3-2-4-6(7)8(10(12)14)11(15)16/h2-5,8H,1H3,(H,15,16). The van der Waals surface area contributed by atoms with Gasteiger partial charge in [0, 0.05) is 12.6 Å².